The molecular formula is C12H13FO4. The lowest BCUT2D eigenvalue weighted by atomic mass is 10.0. The molecule has 0 N–H and O–H groups in total. The summed E-state index contributed by atoms with van der Waals surface area (Å²) in [6.07, 6.45) is -2.16. The number of methoxy groups -OCH3 is 2. The molecule has 0 fully saturated rings. The van der Waals surface area contributed by atoms with Gasteiger partial charge in [-0.15, -0.1) is 0 Å². The number of carbonyl (C=O) groups excluding carboxylic acids is 2. The van der Waals surface area contributed by atoms with Crippen LogP contribution in [0.25, 0.3) is 0 Å². The molecule has 92 valence electrons. The molecule has 0 heterocycles. The Morgan fingerprint density at radius 1 is 1.24 bits per heavy atom. The molecule has 1 aromatic rings. The molecule has 0 aliphatic carbocycles. The molecule has 1 atom stereocenters. The number of hydrogen-bond donors (Lipinski definition) is 0. The Labute approximate surface area is 98.3 Å². The fourth-order valence-corrected chi connectivity index (χ4v) is 1.32. The van der Waals surface area contributed by atoms with Crippen molar-refractivity contribution in [2.75, 3.05) is 14.2 Å². The van der Waals surface area contributed by atoms with Crippen LogP contribution in [0.15, 0.2) is 18.2 Å². The van der Waals surface area contributed by atoms with Gasteiger partial charge in [-0.25, -0.2) is 4.39 Å². The number of hydrogen-bond acceptors (Lipinski definition) is 4. The van der Waals surface area contributed by atoms with Gasteiger partial charge in [0.1, 0.15) is 11.5 Å². The molecule has 1 rings (SSSR count). The Hall–Kier alpha value is -1.91. The number of alkyl halides is 1. The zero-order valence-electron chi connectivity index (χ0n) is 9.82. The summed E-state index contributed by atoms with van der Waals surface area (Å²) >= 11 is 0. The van der Waals surface area contributed by atoms with Gasteiger partial charge >= 0.3 is 0 Å². The molecule has 17 heavy (non-hydrogen) atoms. The van der Waals surface area contributed by atoms with Gasteiger partial charge in [0.05, 0.1) is 19.8 Å². The topological polar surface area (TPSA) is 52.6 Å². The summed E-state index contributed by atoms with van der Waals surface area (Å²) in [5.41, 5.74) is 0.0241. The van der Waals surface area contributed by atoms with Gasteiger partial charge in [0.25, 0.3) is 0 Å². The molecule has 1 unspecified atom stereocenters. The van der Waals surface area contributed by atoms with Crippen LogP contribution in [0.5, 0.6) is 11.5 Å². The molecule has 0 aliphatic heterocycles. The highest BCUT2D eigenvalue weighted by atomic mass is 19.1. The van der Waals surface area contributed by atoms with E-state index in [1.807, 2.05) is 0 Å². The van der Waals surface area contributed by atoms with Crippen LogP contribution < -0.4 is 9.47 Å². The van der Waals surface area contributed by atoms with Crippen LogP contribution >= 0.6 is 0 Å². The largest absolute Gasteiger partial charge is 0.497 e. The zero-order chi connectivity index (χ0) is 13.0. The lowest BCUT2D eigenvalue weighted by Gasteiger charge is -2.10. The number of benzene rings is 1. The second kappa shape index (κ2) is 5.43. The summed E-state index contributed by atoms with van der Waals surface area (Å²) in [7, 11) is 2.82. The van der Waals surface area contributed by atoms with Crippen molar-refractivity contribution >= 4 is 11.6 Å². The summed E-state index contributed by atoms with van der Waals surface area (Å²) in [6.45, 7) is 1.03. The van der Waals surface area contributed by atoms with Crippen LogP contribution in [0.2, 0.25) is 0 Å². The van der Waals surface area contributed by atoms with Crippen molar-refractivity contribution in [3.8, 4) is 11.5 Å². The van der Waals surface area contributed by atoms with E-state index in [1.165, 1.54) is 32.4 Å². The van der Waals surface area contributed by atoms with Crippen molar-refractivity contribution in [3.05, 3.63) is 23.8 Å². The molecule has 0 aliphatic rings. The average Bonchev–Trinajstić information content (AvgIpc) is 2.35. The van der Waals surface area contributed by atoms with Gasteiger partial charge in [-0.1, -0.05) is 0 Å². The van der Waals surface area contributed by atoms with Gasteiger partial charge in [-0.05, 0) is 19.1 Å². The first-order chi connectivity index (χ1) is 8.01. The molecule has 0 bridgehead atoms. The summed E-state index contributed by atoms with van der Waals surface area (Å²) in [5.74, 6) is -1.07. The van der Waals surface area contributed by atoms with E-state index < -0.39 is 17.7 Å². The fourth-order valence-electron chi connectivity index (χ4n) is 1.32. The highest BCUT2D eigenvalue weighted by Gasteiger charge is 2.26. The second-order valence-electron chi connectivity index (χ2n) is 3.40. The molecule has 0 aromatic heterocycles. The van der Waals surface area contributed by atoms with Crippen LogP contribution in [-0.2, 0) is 4.79 Å². The van der Waals surface area contributed by atoms with E-state index in [2.05, 4.69) is 0 Å². The first-order valence-electron chi connectivity index (χ1n) is 4.92. The van der Waals surface area contributed by atoms with Gasteiger partial charge in [-0.3, -0.25) is 9.59 Å². The lowest BCUT2D eigenvalue weighted by molar-refractivity contribution is -0.120. The fraction of sp³-hybridized carbons (Fsp3) is 0.333. The summed E-state index contributed by atoms with van der Waals surface area (Å²) < 4.78 is 23.2. The molecule has 0 spiro atoms. The highest BCUT2D eigenvalue weighted by Crippen LogP contribution is 2.26. The maximum Gasteiger partial charge on any atom is 0.220 e. The Bertz CT molecular complexity index is 442. The van der Waals surface area contributed by atoms with E-state index in [9.17, 15) is 14.0 Å². The molecule has 4 nitrogen and oxygen atoms in total. The number of carbonyl (C=O) groups is 2. The van der Waals surface area contributed by atoms with Crippen molar-refractivity contribution in [3.63, 3.8) is 0 Å². The Morgan fingerprint density at radius 3 is 2.35 bits per heavy atom. The monoisotopic (exact) mass is 240 g/mol. The van der Waals surface area contributed by atoms with E-state index >= 15 is 0 Å². The van der Waals surface area contributed by atoms with Crippen molar-refractivity contribution in [2.45, 2.75) is 13.1 Å². The van der Waals surface area contributed by atoms with E-state index in [-0.39, 0.29) is 11.3 Å². The number of ether oxygens (including phenoxy) is 2. The maximum atomic E-state index is 13.3. The number of halogens is 1. The van der Waals surface area contributed by atoms with Crippen molar-refractivity contribution in [2.24, 2.45) is 0 Å². The number of ketones is 2. The molecule has 1 aromatic carbocycles. The van der Waals surface area contributed by atoms with Gasteiger partial charge in [0.2, 0.25) is 12.0 Å². The molecule has 0 saturated heterocycles. The minimum Gasteiger partial charge on any atom is -0.497 e. The van der Waals surface area contributed by atoms with Gasteiger partial charge in [0.15, 0.2) is 5.78 Å². The van der Waals surface area contributed by atoms with E-state index in [0.717, 1.165) is 6.92 Å². The predicted molar refractivity (Wildman–Crippen MR) is 59.5 cm³/mol. The average molecular weight is 240 g/mol. The Balaban J connectivity index is 3.13. The maximum absolute atomic E-state index is 13.3. The second-order valence-corrected chi connectivity index (χ2v) is 3.40. The van der Waals surface area contributed by atoms with Gasteiger partial charge < -0.3 is 9.47 Å². The van der Waals surface area contributed by atoms with Crippen LogP contribution in [0.1, 0.15) is 17.3 Å². The standard InChI is InChI=1S/C12H13FO4/c1-7(14)11(13)12(15)9-5-4-8(16-2)6-10(9)17-3/h4-6,11H,1-3H3. The molecule has 0 radical (unpaired) electrons. The van der Waals surface area contributed by atoms with Crippen molar-refractivity contribution in [1.29, 1.82) is 0 Å². The summed E-state index contributed by atoms with van der Waals surface area (Å²) in [5, 5.41) is 0. The first kappa shape index (κ1) is 13.2. The van der Waals surface area contributed by atoms with E-state index in [1.54, 1.807) is 0 Å². The third-order valence-electron chi connectivity index (χ3n) is 2.26. The first-order valence-corrected chi connectivity index (χ1v) is 4.92. The third-order valence-corrected chi connectivity index (χ3v) is 2.26. The summed E-state index contributed by atoms with van der Waals surface area (Å²) in [4.78, 5) is 22.5. The zero-order valence-corrected chi connectivity index (χ0v) is 9.82. The molecular weight excluding hydrogens is 227 g/mol. The van der Waals surface area contributed by atoms with Crippen LogP contribution in [0.4, 0.5) is 4.39 Å². The lowest BCUT2D eigenvalue weighted by Crippen LogP contribution is -2.23. The molecule has 0 saturated carbocycles. The number of rotatable bonds is 5. The SMILES string of the molecule is COc1ccc(C(=O)C(F)C(C)=O)c(OC)c1. The smallest absolute Gasteiger partial charge is 0.220 e. The van der Waals surface area contributed by atoms with Crippen LogP contribution in [-0.4, -0.2) is 32.0 Å². The highest BCUT2D eigenvalue weighted by molar-refractivity contribution is 6.13. The van der Waals surface area contributed by atoms with Gasteiger partial charge in [0, 0.05) is 6.07 Å². The quantitative estimate of drug-likeness (QED) is 0.582. The molecule has 0 amide bonds. The molecule has 5 heteroatoms. The predicted octanol–water partition coefficient (Wildman–Crippen LogP) is 1.81. The Morgan fingerprint density at radius 2 is 1.88 bits per heavy atom. The van der Waals surface area contributed by atoms with Crippen molar-refractivity contribution in [1.82, 2.24) is 0 Å². The normalized spacial score (nSPS) is 11.8. The van der Waals surface area contributed by atoms with Crippen LogP contribution in [0.3, 0.4) is 0 Å². The number of Topliss-reactive ketones (excluding diaryl/α,β-unsaturated/α-hetero) is 2. The minimum atomic E-state index is -2.16. The Kier molecular flexibility index (Phi) is 4.20. The van der Waals surface area contributed by atoms with Crippen molar-refractivity contribution < 1.29 is 23.5 Å². The van der Waals surface area contributed by atoms with Gasteiger partial charge in [-0.2, -0.15) is 0 Å². The van der Waals surface area contributed by atoms with Crippen LogP contribution in [0, 0.1) is 0 Å². The third kappa shape index (κ3) is 2.81. The summed E-state index contributed by atoms with van der Waals surface area (Å²) in [6, 6.07) is 4.33. The van der Waals surface area contributed by atoms with E-state index in [0.29, 0.717) is 5.75 Å². The van der Waals surface area contributed by atoms with E-state index in [4.69, 9.17) is 9.47 Å². The minimum absolute atomic E-state index is 0.0241.